The minimum atomic E-state index is -0.131. The van der Waals surface area contributed by atoms with Crippen LogP contribution in [0.3, 0.4) is 0 Å². The molecule has 1 fully saturated rings. The van der Waals surface area contributed by atoms with Crippen LogP contribution >= 0.6 is 0 Å². The number of fused-ring (bicyclic) bond motifs is 1. The summed E-state index contributed by atoms with van der Waals surface area (Å²) in [5.41, 5.74) is 4.12. The predicted molar refractivity (Wildman–Crippen MR) is 133 cm³/mol. The molecular formula is C28H29N3O3. The van der Waals surface area contributed by atoms with E-state index in [9.17, 15) is 9.90 Å². The van der Waals surface area contributed by atoms with Crippen LogP contribution in [0.1, 0.15) is 39.5 Å². The quantitative estimate of drug-likeness (QED) is 0.568. The Bertz CT molecular complexity index is 1230. The Hall–Kier alpha value is -3.64. The maximum absolute atomic E-state index is 13.2. The zero-order chi connectivity index (χ0) is 23.7. The average molecular weight is 456 g/mol. The number of hydrogen-bond acceptors (Lipinski definition) is 6. The number of carbonyl (C=O) groups is 1. The van der Waals surface area contributed by atoms with Gasteiger partial charge in [-0.3, -0.25) is 9.69 Å². The number of aromatic hydroxyl groups is 1. The summed E-state index contributed by atoms with van der Waals surface area (Å²) in [4.78, 5) is 22.2. The molecule has 1 N–H and O–H groups in total. The molecule has 6 nitrogen and oxygen atoms in total. The van der Waals surface area contributed by atoms with E-state index in [1.165, 1.54) is 5.56 Å². The molecule has 0 spiro atoms. The van der Waals surface area contributed by atoms with Gasteiger partial charge in [-0.1, -0.05) is 37.3 Å². The molecule has 3 heterocycles. The van der Waals surface area contributed by atoms with E-state index in [4.69, 9.17) is 4.74 Å². The largest absolute Gasteiger partial charge is 0.507 e. The first-order valence-corrected chi connectivity index (χ1v) is 11.8. The van der Waals surface area contributed by atoms with Crippen molar-refractivity contribution >= 4 is 17.7 Å². The number of ketones is 1. The van der Waals surface area contributed by atoms with E-state index in [0.717, 1.165) is 49.5 Å². The summed E-state index contributed by atoms with van der Waals surface area (Å²) >= 11 is 0. The van der Waals surface area contributed by atoms with Crippen LogP contribution in [0.25, 0.3) is 6.08 Å². The summed E-state index contributed by atoms with van der Waals surface area (Å²) in [6.45, 7) is 7.85. The minimum Gasteiger partial charge on any atom is -0.507 e. The van der Waals surface area contributed by atoms with Gasteiger partial charge in [0, 0.05) is 38.9 Å². The Morgan fingerprint density at radius 1 is 1.09 bits per heavy atom. The van der Waals surface area contributed by atoms with Crippen molar-refractivity contribution in [3.05, 3.63) is 88.3 Å². The lowest BCUT2D eigenvalue weighted by Gasteiger charge is -2.35. The molecule has 0 amide bonds. The van der Waals surface area contributed by atoms with E-state index in [1.807, 2.05) is 43.5 Å². The van der Waals surface area contributed by atoms with Crippen molar-refractivity contribution in [3.8, 4) is 11.5 Å². The number of benzene rings is 2. The number of phenols is 1. The second-order valence-electron chi connectivity index (χ2n) is 8.88. The highest BCUT2D eigenvalue weighted by molar-refractivity contribution is 6.15. The number of rotatable bonds is 5. The third-order valence-electron chi connectivity index (χ3n) is 6.63. The van der Waals surface area contributed by atoms with Crippen LogP contribution in [0.2, 0.25) is 0 Å². The van der Waals surface area contributed by atoms with Gasteiger partial charge in [0.15, 0.2) is 5.76 Å². The molecule has 0 unspecified atom stereocenters. The van der Waals surface area contributed by atoms with Crippen LogP contribution in [0.5, 0.6) is 11.5 Å². The van der Waals surface area contributed by atoms with E-state index in [-0.39, 0.29) is 11.5 Å². The maximum atomic E-state index is 13.2. The number of ether oxygens (including phenoxy) is 1. The Morgan fingerprint density at radius 2 is 1.85 bits per heavy atom. The molecular weight excluding hydrogens is 426 g/mol. The number of hydrogen-bond donors (Lipinski definition) is 1. The van der Waals surface area contributed by atoms with E-state index in [0.29, 0.717) is 29.2 Å². The second kappa shape index (κ2) is 9.31. The smallest absolute Gasteiger partial charge is 0.232 e. The van der Waals surface area contributed by atoms with Crippen molar-refractivity contribution in [2.75, 3.05) is 31.1 Å². The molecule has 0 saturated carbocycles. The number of anilines is 1. The van der Waals surface area contributed by atoms with Gasteiger partial charge in [0.1, 0.15) is 17.3 Å². The molecule has 34 heavy (non-hydrogen) atoms. The zero-order valence-electron chi connectivity index (χ0n) is 19.6. The van der Waals surface area contributed by atoms with Crippen molar-refractivity contribution in [2.24, 2.45) is 0 Å². The van der Waals surface area contributed by atoms with E-state index < -0.39 is 0 Å². The number of allylic oxidation sites excluding steroid dienone is 1. The molecule has 1 saturated heterocycles. The third-order valence-corrected chi connectivity index (χ3v) is 6.63. The van der Waals surface area contributed by atoms with Gasteiger partial charge in [-0.25, -0.2) is 4.98 Å². The first kappa shape index (κ1) is 22.2. The number of pyridine rings is 1. The molecule has 0 radical (unpaired) electrons. The van der Waals surface area contributed by atoms with Gasteiger partial charge in [0.2, 0.25) is 5.78 Å². The van der Waals surface area contributed by atoms with Crippen molar-refractivity contribution in [2.45, 2.75) is 26.8 Å². The number of aromatic nitrogens is 1. The van der Waals surface area contributed by atoms with Crippen molar-refractivity contribution < 1.29 is 14.6 Å². The Balaban J connectivity index is 1.36. The fraction of sp³-hybridized carbons (Fsp3) is 0.286. The number of piperazine rings is 1. The average Bonchev–Trinajstić information content (AvgIpc) is 3.19. The molecule has 3 aromatic rings. The molecule has 1 aromatic heterocycles. The first-order chi connectivity index (χ1) is 16.5. The van der Waals surface area contributed by atoms with Gasteiger partial charge < -0.3 is 14.7 Å². The zero-order valence-corrected chi connectivity index (χ0v) is 19.6. The summed E-state index contributed by atoms with van der Waals surface area (Å²) in [5.74, 6) is 1.82. The molecule has 0 bridgehead atoms. The van der Waals surface area contributed by atoms with E-state index in [1.54, 1.807) is 12.1 Å². The molecule has 6 heteroatoms. The molecule has 0 aliphatic carbocycles. The lowest BCUT2D eigenvalue weighted by Crippen LogP contribution is -2.46. The van der Waals surface area contributed by atoms with Gasteiger partial charge in [-0.2, -0.15) is 0 Å². The number of aryl methyl sites for hydroxylation is 2. The van der Waals surface area contributed by atoms with Gasteiger partial charge in [-0.05, 0) is 54.3 Å². The fourth-order valence-corrected chi connectivity index (χ4v) is 4.63. The number of phenolic OH excluding ortho intramolecular Hbond substituents is 1. The van der Waals surface area contributed by atoms with Crippen molar-refractivity contribution in [1.29, 1.82) is 0 Å². The SMILES string of the molecule is CCc1ccc(/C=C2\Oc3c(CN4CCN(c5ccccn5)CC4)c(O)cc(C)c3C2=O)cc1. The monoisotopic (exact) mass is 455 g/mol. The lowest BCUT2D eigenvalue weighted by molar-refractivity contribution is 0.101. The number of carbonyl (C=O) groups excluding carboxylic acids is 1. The van der Waals surface area contributed by atoms with Gasteiger partial charge >= 0.3 is 0 Å². The Labute approximate surface area is 200 Å². The van der Waals surface area contributed by atoms with Crippen LogP contribution in [0, 0.1) is 6.92 Å². The molecule has 5 rings (SSSR count). The van der Waals surface area contributed by atoms with Gasteiger partial charge in [-0.15, -0.1) is 0 Å². The summed E-state index contributed by atoms with van der Waals surface area (Å²) in [7, 11) is 0. The highest BCUT2D eigenvalue weighted by atomic mass is 16.5. The summed E-state index contributed by atoms with van der Waals surface area (Å²) in [5, 5.41) is 10.8. The van der Waals surface area contributed by atoms with Crippen molar-refractivity contribution in [3.63, 3.8) is 0 Å². The molecule has 2 aliphatic rings. The highest BCUT2D eigenvalue weighted by Crippen LogP contribution is 2.42. The van der Waals surface area contributed by atoms with Crippen LogP contribution < -0.4 is 9.64 Å². The standard InChI is InChI=1S/C28H29N3O3/c1-3-20-7-9-21(10-8-20)17-24-27(33)26-19(2)16-23(32)22(28(26)34-24)18-30-12-14-31(15-13-30)25-6-4-5-11-29-25/h4-11,16-17,32H,3,12-15,18H2,1-2H3/b24-17-. The summed E-state index contributed by atoms with van der Waals surface area (Å²) in [6, 6.07) is 15.7. The fourth-order valence-electron chi connectivity index (χ4n) is 4.63. The number of Topliss-reactive ketones (excluding diaryl/α,β-unsaturated/α-hetero) is 1. The number of nitrogens with zero attached hydrogens (tertiary/aromatic N) is 3. The van der Waals surface area contributed by atoms with E-state index in [2.05, 4.69) is 33.8 Å². The van der Waals surface area contributed by atoms with Gasteiger partial charge in [0.05, 0.1) is 11.1 Å². The lowest BCUT2D eigenvalue weighted by atomic mass is 9.99. The topological polar surface area (TPSA) is 65.9 Å². The van der Waals surface area contributed by atoms with Gasteiger partial charge in [0.25, 0.3) is 0 Å². The first-order valence-electron chi connectivity index (χ1n) is 11.8. The molecule has 2 aliphatic heterocycles. The highest BCUT2D eigenvalue weighted by Gasteiger charge is 2.34. The summed E-state index contributed by atoms with van der Waals surface area (Å²) < 4.78 is 6.11. The minimum absolute atomic E-state index is 0.131. The maximum Gasteiger partial charge on any atom is 0.232 e. The molecule has 2 aromatic carbocycles. The van der Waals surface area contributed by atoms with Crippen LogP contribution in [-0.4, -0.2) is 47.0 Å². The Kier molecular flexibility index (Phi) is 6.07. The van der Waals surface area contributed by atoms with Crippen LogP contribution in [0.4, 0.5) is 5.82 Å². The van der Waals surface area contributed by atoms with E-state index >= 15 is 0 Å². The molecule has 0 atom stereocenters. The normalized spacial score (nSPS) is 17.2. The van der Waals surface area contributed by atoms with Crippen molar-refractivity contribution in [1.82, 2.24) is 9.88 Å². The molecule has 174 valence electrons. The Morgan fingerprint density at radius 3 is 2.53 bits per heavy atom. The second-order valence-corrected chi connectivity index (χ2v) is 8.88. The summed E-state index contributed by atoms with van der Waals surface area (Å²) in [6.07, 6.45) is 4.57. The predicted octanol–water partition coefficient (Wildman–Crippen LogP) is 4.60. The third kappa shape index (κ3) is 4.29. The van der Waals surface area contributed by atoms with Crippen LogP contribution in [-0.2, 0) is 13.0 Å². The van der Waals surface area contributed by atoms with Crippen LogP contribution in [0.15, 0.2) is 60.5 Å².